The van der Waals surface area contributed by atoms with Crippen LogP contribution in [0, 0.1) is 0 Å². The molecule has 4 aromatic heterocycles. The maximum atomic E-state index is 13.8. The summed E-state index contributed by atoms with van der Waals surface area (Å²) in [6.07, 6.45) is -11.3. The van der Waals surface area contributed by atoms with Crippen molar-refractivity contribution in [1.82, 2.24) is 38.2 Å². The zero-order chi connectivity index (χ0) is 33.7. The van der Waals surface area contributed by atoms with Crippen LogP contribution in [-0.2, 0) is 50.8 Å². The van der Waals surface area contributed by atoms with Crippen LogP contribution in [0.15, 0.2) is 22.2 Å². The van der Waals surface area contributed by atoms with Gasteiger partial charge in [0.2, 0.25) is 0 Å². The van der Waals surface area contributed by atoms with E-state index in [1.807, 2.05) is 0 Å². The van der Waals surface area contributed by atoms with Crippen molar-refractivity contribution in [1.29, 1.82) is 0 Å². The molecule has 0 aromatic carbocycles. The van der Waals surface area contributed by atoms with Gasteiger partial charge in [-0.1, -0.05) is 24.5 Å². The molecule has 0 aliphatic carbocycles. The number of thiol groups is 2. The predicted octanol–water partition coefficient (Wildman–Crippen LogP) is -1.19. The van der Waals surface area contributed by atoms with Crippen LogP contribution in [0.1, 0.15) is 12.5 Å². The first-order valence-electron chi connectivity index (χ1n) is 13.5. The Balaban J connectivity index is 1.29. The van der Waals surface area contributed by atoms with E-state index >= 15 is 0 Å². The number of fused-ring (bicyclic) bond motifs is 5. The second-order valence-corrected chi connectivity index (χ2v) is 16.4. The maximum Gasteiger partial charge on any atom is 0.389 e. The molecule has 26 heteroatoms. The Labute approximate surface area is 271 Å². The molecule has 0 amide bonds. The van der Waals surface area contributed by atoms with Crippen molar-refractivity contribution >= 4 is 72.1 Å². The summed E-state index contributed by atoms with van der Waals surface area (Å²) in [5.74, 6) is -0.0883. The number of hydrogen-bond donors (Lipinski definition) is 6. The highest BCUT2D eigenvalue weighted by atomic mass is 32.7. The minimum atomic E-state index is -4.71. The van der Waals surface area contributed by atoms with Gasteiger partial charge >= 0.3 is 25.0 Å². The SMILES string of the molecule is Cn1c(=O)n([C@@H]2O[C@@H]3OP(=O)(S)O[C@@H]4[C@H](O)[C@@H](COP(=O)(S)O[C@H]3[C@H]2O)O[C@H]4n2c(=O)n(C)c3c(N)ncnc32)c2ncnc(N)c21. The van der Waals surface area contributed by atoms with Crippen molar-refractivity contribution in [3.05, 3.63) is 33.6 Å². The summed E-state index contributed by atoms with van der Waals surface area (Å²) in [4.78, 5) is 42.6. The van der Waals surface area contributed by atoms with Crippen LogP contribution >= 0.6 is 38.1 Å². The molecule has 7 heterocycles. The molecule has 3 aliphatic heterocycles. The van der Waals surface area contributed by atoms with Gasteiger partial charge in [0.15, 0.2) is 41.7 Å². The van der Waals surface area contributed by atoms with Crippen LogP contribution in [0.2, 0.25) is 0 Å². The minimum Gasteiger partial charge on any atom is -0.387 e. The normalized spacial score (nSPS) is 36.4. The summed E-state index contributed by atoms with van der Waals surface area (Å²) in [6, 6.07) is 0. The Hall–Kier alpha value is -2.86. The Morgan fingerprint density at radius 1 is 0.787 bits per heavy atom. The number of nitrogens with zero attached hydrogens (tertiary/aromatic N) is 8. The minimum absolute atomic E-state index is 0.0186. The quantitative estimate of drug-likeness (QED) is 0.104. The van der Waals surface area contributed by atoms with Gasteiger partial charge in [0, 0.05) is 14.1 Å². The van der Waals surface area contributed by atoms with E-state index in [0.717, 1.165) is 30.9 Å². The average Bonchev–Trinajstić information content (AvgIpc) is 3.63. The van der Waals surface area contributed by atoms with Gasteiger partial charge in [-0.25, -0.2) is 47.8 Å². The van der Waals surface area contributed by atoms with Crippen molar-refractivity contribution in [2.75, 3.05) is 18.1 Å². The fourth-order valence-electron chi connectivity index (χ4n) is 5.78. The molecule has 6 N–H and O–H groups in total. The first-order chi connectivity index (χ1) is 22.1. The molecule has 3 fully saturated rings. The number of imidazole rings is 2. The molecule has 2 unspecified atom stereocenters. The van der Waals surface area contributed by atoms with E-state index in [-0.39, 0.29) is 34.0 Å². The third-order valence-electron chi connectivity index (χ3n) is 7.92. The molecular formula is C21H26N10O12P2S2. The molecule has 22 nitrogen and oxygen atoms in total. The number of aryl methyl sites for hydroxylation is 2. The van der Waals surface area contributed by atoms with Gasteiger partial charge in [-0.2, -0.15) is 0 Å². The smallest absolute Gasteiger partial charge is 0.387 e. The standard InChI is InChI=1S/C21H26N10O12P2S2/c1-28-7-13(22)24-4-26-15(7)30(20(28)34)17-10(33)12-19(40-17)43-45(37,47)41-11-9(32)6(3-38-44(36,46)42-12)39-18(11)31-16-8(29(2)21(31)35)14(23)25-5-27-16/h4-6,9-12,17-19,32-33H,3H2,1-2H3,(H,36,46)(H,37,47)(H2,22,24,26)(H2,23,25,27)/t6-,9-,10-,11-,12+,17-,18-,19-,44?,45?/m1/s1. The highest BCUT2D eigenvalue weighted by Gasteiger charge is 2.56. The Morgan fingerprint density at radius 3 is 1.89 bits per heavy atom. The third-order valence-corrected chi connectivity index (χ3v) is 11.1. The highest BCUT2D eigenvalue weighted by Crippen LogP contribution is 2.62. The number of aliphatic hydroxyl groups is 2. The molecular weight excluding hydrogens is 710 g/mol. The van der Waals surface area contributed by atoms with Crippen molar-refractivity contribution in [3.63, 3.8) is 0 Å². The van der Waals surface area contributed by atoms with Gasteiger partial charge in [-0.05, 0) is 0 Å². The summed E-state index contributed by atoms with van der Waals surface area (Å²) < 4.78 is 65.3. The van der Waals surface area contributed by atoms with Gasteiger partial charge < -0.3 is 31.2 Å². The fourth-order valence-corrected chi connectivity index (χ4v) is 8.86. The first kappa shape index (κ1) is 32.7. The summed E-state index contributed by atoms with van der Waals surface area (Å²) >= 11 is 8.04. The van der Waals surface area contributed by atoms with E-state index in [1.54, 1.807) is 0 Å². The molecule has 7 rings (SSSR count). The van der Waals surface area contributed by atoms with Crippen LogP contribution in [0.4, 0.5) is 11.6 Å². The Kier molecular flexibility index (Phi) is 7.89. The van der Waals surface area contributed by atoms with Crippen LogP contribution in [-0.4, -0.2) is 91.8 Å². The third kappa shape index (κ3) is 5.23. The Morgan fingerprint density at radius 2 is 1.32 bits per heavy atom. The molecule has 0 radical (unpaired) electrons. The number of nitrogens with two attached hydrogens (primary N) is 2. The zero-order valence-corrected chi connectivity index (χ0v) is 27.6. The molecule has 2 bridgehead atoms. The summed E-state index contributed by atoms with van der Waals surface area (Å²) in [5.41, 5.74) is 10.6. The first-order valence-corrected chi connectivity index (χ1v) is 18.9. The van der Waals surface area contributed by atoms with Gasteiger partial charge in [0.25, 0.3) is 0 Å². The number of aliphatic hydroxyl groups excluding tert-OH is 2. The second-order valence-electron chi connectivity index (χ2n) is 10.7. The van der Waals surface area contributed by atoms with E-state index in [0.29, 0.717) is 0 Å². The van der Waals surface area contributed by atoms with Crippen molar-refractivity contribution in [3.8, 4) is 0 Å². The summed E-state index contributed by atoms with van der Waals surface area (Å²) in [5, 5.41) is 22.6. The van der Waals surface area contributed by atoms with Gasteiger partial charge in [0.1, 0.15) is 54.2 Å². The molecule has 0 spiro atoms. The second kappa shape index (κ2) is 11.4. The molecule has 0 saturated carbocycles. The van der Waals surface area contributed by atoms with Gasteiger partial charge in [0.05, 0.1) is 6.61 Å². The van der Waals surface area contributed by atoms with E-state index in [1.165, 1.54) is 14.1 Å². The van der Waals surface area contributed by atoms with Crippen molar-refractivity contribution in [2.45, 2.75) is 49.3 Å². The fraction of sp³-hybridized carbons (Fsp3) is 0.524. The van der Waals surface area contributed by atoms with E-state index < -0.39 is 80.8 Å². The number of hydrogen-bond acceptors (Lipinski definition) is 18. The van der Waals surface area contributed by atoms with Crippen LogP contribution in [0.3, 0.4) is 0 Å². The summed E-state index contributed by atoms with van der Waals surface area (Å²) in [6.45, 7) is -9.86. The lowest BCUT2D eigenvalue weighted by molar-refractivity contribution is -0.129. The van der Waals surface area contributed by atoms with Gasteiger partial charge in [-0.15, -0.1) is 0 Å². The van der Waals surface area contributed by atoms with Gasteiger partial charge in [-0.3, -0.25) is 27.2 Å². The summed E-state index contributed by atoms with van der Waals surface area (Å²) in [7, 11) is 2.78. The topological polar surface area (TPSA) is 287 Å². The average molecular weight is 737 g/mol. The highest BCUT2D eigenvalue weighted by molar-refractivity contribution is 8.44. The number of ether oxygens (including phenoxy) is 2. The lowest BCUT2D eigenvalue weighted by Crippen LogP contribution is -2.39. The molecule has 10 atom stereocenters. The molecule has 3 saturated heterocycles. The number of anilines is 2. The molecule has 47 heavy (non-hydrogen) atoms. The van der Waals surface area contributed by atoms with Crippen molar-refractivity contribution in [2.24, 2.45) is 14.1 Å². The Bertz CT molecular complexity index is 2140. The van der Waals surface area contributed by atoms with E-state index in [9.17, 15) is 28.9 Å². The molecule has 3 aliphatic rings. The van der Waals surface area contributed by atoms with Crippen LogP contribution in [0.25, 0.3) is 22.3 Å². The lowest BCUT2D eigenvalue weighted by atomic mass is 10.1. The molecule has 254 valence electrons. The largest absolute Gasteiger partial charge is 0.389 e. The lowest BCUT2D eigenvalue weighted by Gasteiger charge is -2.28. The number of aromatic nitrogens is 8. The maximum absolute atomic E-state index is 13.8. The van der Waals surface area contributed by atoms with Crippen molar-refractivity contribution < 1.29 is 46.9 Å². The molecule has 4 aromatic rings. The predicted molar refractivity (Wildman–Crippen MR) is 164 cm³/mol. The number of rotatable bonds is 2. The zero-order valence-electron chi connectivity index (χ0n) is 24.0. The van der Waals surface area contributed by atoms with Crippen LogP contribution < -0.4 is 22.8 Å². The van der Waals surface area contributed by atoms with E-state index in [2.05, 4.69) is 44.4 Å². The number of nitrogen functional groups attached to an aromatic ring is 2. The van der Waals surface area contributed by atoms with Crippen LogP contribution in [0.5, 0.6) is 0 Å². The monoisotopic (exact) mass is 736 g/mol. The van der Waals surface area contributed by atoms with E-state index in [4.69, 9.17) is 39.0 Å².